The summed E-state index contributed by atoms with van der Waals surface area (Å²) in [4.78, 5) is 0. The molecule has 2 nitrogen and oxygen atoms in total. The van der Waals surface area contributed by atoms with Gasteiger partial charge in [-0.25, -0.2) is 0 Å². The Hall–Kier alpha value is -0.450. The molecule has 0 aliphatic carbocycles. The summed E-state index contributed by atoms with van der Waals surface area (Å²) in [5.74, 6) is 1.55. The van der Waals surface area contributed by atoms with Crippen molar-refractivity contribution < 1.29 is 9.47 Å². The molecule has 0 bridgehead atoms. The van der Waals surface area contributed by atoms with E-state index in [1.54, 1.807) is 14.2 Å². The van der Waals surface area contributed by atoms with E-state index in [0.717, 1.165) is 15.1 Å². The Kier molecular flexibility index (Phi) is 6.76. The molecule has 0 saturated heterocycles. The molecule has 0 fully saturated rings. The molecule has 0 radical (unpaired) electrons. The van der Waals surface area contributed by atoms with Crippen molar-refractivity contribution in [2.45, 2.75) is 13.8 Å². The van der Waals surface area contributed by atoms with Crippen LogP contribution in [0, 0.1) is 3.57 Å². The Balaban J connectivity index is 0.000000671. The molecule has 0 atom stereocenters. The summed E-state index contributed by atoms with van der Waals surface area (Å²) in [6.07, 6.45) is 0. The van der Waals surface area contributed by atoms with Gasteiger partial charge < -0.3 is 9.47 Å². The van der Waals surface area contributed by atoms with Crippen LogP contribution in [0.3, 0.4) is 0 Å². The molecule has 0 aromatic heterocycles. The third-order valence-electron chi connectivity index (χ3n) is 1.35. The SMILES string of the molecule is CC.COc1ccc(I)cc1OC. The van der Waals surface area contributed by atoms with Crippen molar-refractivity contribution in [2.24, 2.45) is 0 Å². The van der Waals surface area contributed by atoms with E-state index < -0.39 is 0 Å². The average Bonchev–Trinajstić information content (AvgIpc) is 2.20. The molecule has 13 heavy (non-hydrogen) atoms. The van der Waals surface area contributed by atoms with Gasteiger partial charge in [0, 0.05) is 3.57 Å². The molecule has 1 rings (SSSR count). The van der Waals surface area contributed by atoms with Gasteiger partial charge in [-0.3, -0.25) is 0 Å². The van der Waals surface area contributed by atoms with E-state index in [9.17, 15) is 0 Å². The molecule has 0 unspecified atom stereocenters. The highest BCUT2D eigenvalue weighted by Gasteiger charge is 2.01. The molecule has 0 aliphatic rings. The third kappa shape index (κ3) is 3.85. The zero-order valence-electron chi connectivity index (χ0n) is 8.43. The van der Waals surface area contributed by atoms with Crippen LogP contribution in [0.1, 0.15) is 13.8 Å². The summed E-state index contributed by atoms with van der Waals surface area (Å²) < 4.78 is 11.3. The van der Waals surface area contributed by atoms with Gasteiger partial charge in [-0.2, -0.15) is 0 Å². The summed E-state index contributed by atoms with van der Waals surface area (Å²) in [7, 11) is 3.26. The Morgan fingerprint density at radius 2 is 1.54 bits per heavy atom. The normalized spacial score (nSPS) is 8.38. The second kappa shape index (κ2) is 7.00. The van der Waals surface area contributed by atoms with E-state index >= 15 is 0 Å². The maximum Gasteiger partial charge on any atom is 0.161 e. The molecule has 0 spiro atoms. The summed E-state index contributed by atoms with van der Waals surface area (Å²) in [5, 5.41) is 0. The van der Waals surface area contributed by atoms with Crippen molar-refractivity contribution in [3.63, 3.8) is 0 Å². The minimum Gasteiger partial charge on any atom is -0.493 e. The topological polar surface area (TPSA) is 18.5 Å². The van der Waals surface area contributed by atoms with Gasteiger partial charge in [0.05, 0.1) is 14.2 Å². The van der Waals surface area contributed by atoms with Gasteiger partial charge in [-0.15, -0.1) is 0 Å². The lowest BCUT2D eigenvalue weighted by Gasteiger charge is -2.06. The molecule has 74 valence electrons. The van der Waals surface area contributed by atoms with E-state index in [2.05, 4.69) is 22.6 Å². The standard InChI is InChI=1S/C8H9IO2.C2H6/c1-10-7-4-3-6(9)5-8(7)11-2;1-2/h3-5H,1-2H3;1-2H3. The van der Waals surface area contributed by atoms with Gasteiger partial charge in [0.15, 0.2) is 11.5 Å². The fraction of sp³-hybridized carbons (Fsp3) is 0.400. The zero-order chi connectivity index (χ0) is 10.3. The van der Waals surface area contributed by atoms with Crippen molar-refractivity contribution in [3.8, 4) is 11.5 Å². The molecule has 0 saturated carbocycles. The van der Waals surface area contributed by atoms with Crippen LogP contribution in [0.5, 0.6) is 11.5 Å². The number of ether oxygens (including phenoxy) is 2. The summed E-state index contributed by atoms with van der Waals surface area (Å²) in [6, 6.07) is 5.79. The average molecular weight is 294 g/mol. The second-order valence-electron chi connectivity index (χ2n) is 2.00. The molecular formula is C10H15IO2. The molecule has 1 aromatic carbocycles. The third-order valence-corrected chi connectivity index (χ3v) is 2.02. The highest BCUT2D eigenvalue weighted by atomic mass is 127. The van der Waals surface area contributed by atoms with E-state index in [0.29, 0.717) is 0 Å². The quantitative estimate of drug-likeness (QED) is 0.779. The Bertz CT molecular complexity index is 249. The molecule has 0 N–H and O–H groups in total. The van der Waals surface area contributed by atoms with E-state index in [4.69, 9.17) is 9.47 Å². The number of hydrogen-bond acceptors (Lipinski definition) is 2. The molecule has 0 aliphatic heterocycles. The smallest absolute Gasteiger partial charge is 0.161 e. The molecule has 3 heteroatoms. The van der Waals surface area contributed by atoms with Gasteiger partial charge in [0.2, 0.25) is 0 Å². The molecule has 0 amide bonds. The van der Waals surface area contributed by atoms with Crippen LogP contribution in [0.25, 0.3) is 0 Å². The lowest BCUT2D eigenvalue weighted by Crippen LogP contribution is -1.89. The van der Waals surface area contributed by atoms with Crippen LogP contribution in [0.2, 0.25) is 0 Å². The van der Waals surface area contributed by atoms with E-state index in [1.165, 1.54) is 0 Å². The number of benzene rings is 1. The van der Waals surface area contributed by atoms with E-state index in [-0.39, 0.29) is 0 Å². The van der Waals surface area contributed by atoms with Crippen LogP contribution >= 0.6 is 22.6 Å². The first-order valence-electron chi connectivity index (χ1n) is 4.15. The van der Waals surface area contributed by atoms with Crippen LogP contribution in [-0.2, 0) is 0 Å². The van der Waals surface area contributed by atoms with Gasteiger partial charge in [0.1, 0.15) is 0 Å². The van der Waals surface area contributed by atoms with Crippen LogP contribution < -0.4 is 9.47 Å². The van der Waals surface area contributed by atoms with Crippen molar-refractivity contribution in [2.75, 3.05) is 14.2 Å². The molecule has 0 heterocycles. The minimum atomic E-state index is 0.771. The summed E-state index contributed by atoms with van der Waals surface area (Å²) in [6.45, 7) is 4.00. The Morgan fingerprint density at radius 3 is 2.00 bits per heavy atom. The van der Waals surface area contributed by atoms with Gasteiger partial charge >= 0.3 is 0 Å². The largest absolute Gasteiger partial charge is 0.493 e. The highest BCUT2D eigenvalue weighted by Crippen LogP contribution is 2.27. The molecule has 1 aromatic rings. The van der Waals surface area contributed by atoms with Crippen molar-refractivity contribution in [3.05, 3.63) is 21.8 Å². The lowest BCUT2D eigenvalue weighted by molar-refractivity contribution is 0.354. The van der Waals surface area contributed by atoms with Crippen LogP contribution in [0.4, 0.5) is 0 Å². The highest BCUT2D eigenvalue weighted by molar-refractivity contribution is 14.1. The van der Waals surface area contributed by atoms with Gasteiger partial charge in [0.25, 0.3) is 0 Å². The number of halogens is 1. The Morgan fingerprint density at radius 1 is 1.00 bits per heavy atom. The van der Waals surface area contributed by atoms with E-state index in [1.807, 2.05) is 32.0 Å². The summed E-state index contributed by atoms with van der Waals surface area (Å²) in [5.41, 5.74) is 0. The first-order valence-corrected chi connectivity index (χ1v) is 5.23. The predicted molar refractivity (Wildman–Crippen MR) is 63.6 cm³/mol. The maximum absolute atomic E-state index is 5.09. The van der Waals surface area contributed by atoms with Crippen molar-refractivity contribution in [1.29, 1.82) is 0 Å². The molecular weight excluding hydrogens is 279 g/mol. The van der Waals surface area contributed by atoms with Gasteiger partial charge in [-0.05, 0) is 40.8 Å². The fourth-order valence-corrected chi connectivity index (χ4v) is 1.27. The number of rotatable bonds is 2. The first-order chi connectivity index (χ1) is 6.27. The minimum absolute atomic E-state index is 0.771. The fourth-order valence-electron chi connectivity index (χ4n) is 0.810. The number of hydrogen-bond donors (Lipinski definition) is 0. The predicted octanol–water partition coefficient (Wildman–Crippen LogP) is 3.33. The monoisotopic (exact) mass is 294 g/mol. The zero-order valence-corrected chi connectivity index (χ0v) is 10.6. The van der Waals surface area contributed by atoms with Crippen molar-refractivity contribution >= 4 is 22.6 Å². The van der Waals surface area contributed by atoms with Crippen LogP contribution in [-0.4, -0.2) is 14.2 Å². The second-order valence-corrected chi connectivity index (χ2v) is 3.24. The summed E-state index contributed by atoms with van der Waals surface area (Å²) >= 11 is 2.23. The van der Waals surface area contributed by atoms with Crippen LogP contribution in [0.15, 0.2) is 18.2 Å². The van der Waals surface area contributed by atoms with Crippen molar-refractivity contribution in [1.82, 2.24) is 0 Å². The Labute approximate surface area is 93.4 Å². The lowest BCUT2D eigenvalue weighted by atomic mass is 10.3. The number of methoxy groups -OCH3 is 2. The van der Waals surface area contributed by atoms with Gasteiger partial charge in [-0.1, -0.05) is 13.8 Å². The first kappa shape index (κ1) is 12.6. The maximum atomic E-state index is 5.09.